The van der Waals surface area contributed by atoms with E-state index < -0.39 is 4.92 Å². The monoisotopic (exact) mass is 399 g/mol. The summed E-state index contributed by atoms with van der Waals surface area (Å²) in [6.07, 6.45) is 4.98. The molecule has 8 nitrogen and oxygen atoms in total. The lowest BCUT2D eigenvalue weighted by Gasteiger charge is -2.22. The quantitative estimate of drug-likeness (QED) is 0.559. The number of nitrogens with one attached hydrogen (secondary N) is 1. The Morgan fingerprint density at radius 1 is 1.07 bits per heavy atom. The van der Waals surface area contributed by atoms with E-state index in [4.69, 9.17) is 9.47 Å². The summed E-state index contributed by atoms with van der Waals surface area (Å²) in [7, 11) is 1.39. The number of rotatable bonds is 7. The van der Waals surface area contributed by atoms with Crippen LogP contribution in [0.2, 0.25) is 0 Å². The van der Waals surface area contributed by atoms with E-state index in [1.54, 1.807) is 0 Å². The Morgan fingerprint density at radius 2 is 1.76 bits per heavy atom. The van der Waals surface area contributed by atoms with E-state index in [0.717, 1.165) is 18.8 Å². The average Bonchev–Trinajstić information content (AvgIpc) is 3.02. The van der Waals surface area contributed by atoms with Gasteiger partial charge in [-0.1, -0.05) is 12.8 Å². The number of methoxy groups -OCH3 is 1. The zero-order valence-corrected chi connectivity index (χ0v) is 16.4. The Hall–Kier alpha value is -3.29. The van der Waals surface area contributed by atoms with Crippen LogP contribution in [0.5, 0.6) is 11.5 Å². The van der Waals surface area contributed by atoms with Gasteiger partial charge in [0.1, 0.15) is 0 Å². The third-order valence-corrected chi connectivity index (χ3v) is 4.84. The van der Waals surface area contributed by atoms with E-state index in [-0.39, 0.29) is 29.7 Å². The number of carbonyl (C=O) groups is 1. The van der Waals surface area contributed by atoms with Gasteiger partial charge in [0.15, 0.2) is 18.1 Å². The summed E-state index contributed by atoms with van der Waals surface area (Å²) in [6.45, 7) is 1.90. The zero-order valence-electron chi connectivity index (χ0n) is 16.4. The molecule has 1 fully saturated rings. The van der Waals surface area contributed by atoms with Crippen molar-refractivity contribution >= 4 is 23.0 Å². The number of non-ortho nitro benzene ring substituents is 1. The van der Waals surface area contributed by atoms with Crippen LogP contribution in [0.25, 0.3) is 0 Å². The van der Waals surface area contributed by atoms with Crippen molar-refractivity contribution in [3.05, 3.63) is 52.6 Å². The van der Waals surface area contributed by atoms with Crippen molar-refractivity contribution in [1.82, 2.24) is 0 Å². The van der Waals surface area contributed by atoms with Gasteiger partial charge in [-0.25, -0.2) is 0 Å². The predicted octanol–water partition coefficient (Wildman–Crippen LogP) is 4.00. The van der Waals surface area contributed by atoms with Gasteiger partial charge in [-0.3, -0.25) is 14.9 Å². The minimum absolute atomic E-state index is 0.108. The highest BCUT2D eigenvalue weighted by molar-refractivity contribution is 5.92. The van der Waals surface area contributed by atoms with Gasteiger partial charge in [0.2, 0.25) is 0 Å². The van der Waals surface area contributed by atoms with E-state index in [9.17, 15) is 14.9 Å². The molecule has 2 aromatic carbocycles. The number of ether oxygens (including phenoxy) is 2. The van der Waals surface area contributed by atoms with Crippen molar-refractivity contribution in [2.75, 3.05) is 37.0 Å². The normalized spacial score (nSPS) is 14.0. The highest BCUT2D eigenvalue weighted by Crippen LogP contribution is 2.31. The number of amides is 1. The number of benzene rings is 2. The largest absolute Gasteiger partial charge is 0.493 e. The van der Waals surface area contributed by atoms with Crippen LogP contribution in [0.1, 0.15) is 25.7 Å². The maximum atomic E-state index is 12.2. The smallest absolute Gasteiger partial charge is 0.273 e. The standard InChI is InChI=1S/C21H25N3O5/c1-28-20-14-18(24(26)27)10-11-19(20)29-15-21(25)22-16-6-8-17(9-7-16)23-12-4-2-3-5-13-23/h6-11,14H,2-5,12-13,15H2,1H3,(H,22,25). The van der Waals surface area contributed by atoms with E-state index >= 15 is 0 Å². The van der Waals surface area contributed by atoms with Gasteiger partial charge in [-0.2, -0.15) is 0 Å². The van der Waals surface area contributed by atoms with Crippen LogP contribution in [0.4, 0.5) is 17.1 Å². The molecule has 1 heterocycles. The van der Waals surface area contributed by atoms with Gasteiger partial charge in [-0.15, -0.1) is 0 Å². The summed E-state index contributed by atoms with van der Waals surface area (Å²) in [6, 6.07) is 11.8. The van der Waals surface area contributed by atoms with Crippen LogP contribution >= 0.6 is 0 Å². The first-order valence-electron chi connectivity index (χ1n) is 9.67. The number of nitro groups is 1. The van der Waals surface area contributed by atoms with Crippen molar-refractivity contribution in [1.29, 1.82) is 0 Å². The van der Waals surface area contributed by atoms with E-state index in [1.807, 2.05) is 24.3 Å². The fourth-order valence-electron chi connectivity index (χ4n) is 3.31. The Morgan fingerprint density at radius 3 is 2.38 bits per heavy atom. The van der Waals surface area contributed by atoms with E-state index in [2.05, 4.69) is 10.2 Å². The molecule has 1 aliphatic heterocycles. The predicted molar refractivity (Wildman–Crippen MR) is 111 cm³/mol. The number of hydrogen-bond donors (Lipinski definition) is 1. The molecule has 0 atom stereocenters. The summed E-state index contributed by atoms with van der Waals surface area (Å²) in [5, 5.41) is 13.6. The molecule has 1 amide bonds. The third-order valence-electron chi connectivity index (χ3n) is 4.84. The molecule has 3 rings (SSSR count). The Bertz CT molecular complexity index is 846. The average molecular weight is 399 g/mol. The molecule has 8 heteroatoms. The summed E-state index contributed by atoms with van der Waals surface area (Å²) in [4.78, 5) is 24.9. The lowest BCUT2D eigenvalue weighted by Crippen LogP contribution is -2.24. The summed E-state index contributed by atoms with van der Waals surface area (Å²) in [5.41, 5.74) is 1.74. The second kappa shape index (κ2) is 9.77. The number of carbonyl (C=O) groups excluding carboxylic acids is 1. The van der Waals surface area contributed by atoms with Gasteiger partial charge in [-0.05, 0) is 43.2 Å². The van der Waals surface area contributed by atoms with Crippen LogP contribution in [-0.2, 0) is 4.79 Å². The minimum Gasteiger partial charge on any atom is -0.493 e. The van der Waals surface area contributed by atoms with Crippen LogP contribution in [-0.4, -0.2) is 37.6 Å². The SMILES string of the molecule is COc1cc([N+](=O)[O-])ccc1OCC(=O)Nc1ccc(N2CCCCCC2)cc1. The summed E-state index contributed by atoms with van der Waals surface area (Å²) in [5.74, 6) is 0.145. The van der Waals surface area contributed by atoms with Crippen LogP contribution < -0.4 is 19.7 Å². The molecule has 1 aliphatic rings. The highest BCUT2D eigenvalue weighted by atomic mass is 16.6. The second-order valence-electron chi connectivity index (χ2n) is 6.88. The number of anilines is 2. The third kappa shape index (κ3) is 5.60. The van der Waals surface area contributed by atoms with Gasteiger partial charge < -0.3 is 19.7 Å². The Kier molecular flexibility index (Phi) is 6.89. The van der Waals surface area contributed by atoms with Crippen molar-refractivity contribution < 1.29 is 19.2 Å². The zero-order chi connectivity index (χ0) is 20.6. The molecule has 0 spiro atoms. The Labute approximate surface area is 169 Å². The molecule has 0 saturated carbocycles. The Balaban J connectivity index is 1.55. The van der Waals surface area contributed by atoms with Crippen LogP contribution in [0, 0.1) is 10.1 Å². The molecular formula is C21H25N3O5. The first-order chi connectivity index (χ1) is 14.1. The van der Waals surface area contributed by atoms with Crippen LogP contribution in [0.15, 0.2) is 42.5 Å². The number of hydrogen-bond acceptors (Lipinski definition) is 6. The number of nitrogens with zero attached hydrogens (tertiary/aromatic N) is 2. The van der Waals surface area contributed by atoms with Gasteiger partial charge in [0, 0.05) is 30.5 Å². The minimum atomic E-state index is -0.520. The molecule has 0 aromatic heterocycles. The highest BCUT2D eigenvalue weighted by Gasteiger charge is 2.14. The first kappa shape index (κ1) is 20.4. The molecular weight excluding hydrogens is 374 g/mol. The summed E-state index contributed by atoms with van der Waals surface area (Å²) >= 11 is 0. The fraction of sp³-hybridized carbons (Fsp3) is 0.381. The van der Waals surface area contributed by atoms with Gasteiger partial charge >= 0.3 is 0 Å². The molecule has 1 N–H and O–H groups in total. The maximum absolute atomic E-state index is 12.2. The molecule has 29 heavy (non-hydrogen) atoms. The number of nitro benzene ring substituents is 1. The molecule has 0 unspecified atom stereocenters. The summed E-state index contributed by atoms with van der Waals surface area (Å²) < 4.78 is 10.6. The van der Waals surface area contributed by atoms with Crippen molar-refractivity contribution in [2.24, 2.45) is 0 Å². The van der Waals surface area contributed by atoms with E-state index in [1.165, 1.54) is 51.0 Å². The second-order valence-corrected chi connectivity index (χ2v) is 6.88. The fourth-order valence-corrected chi connectivity index (χ4v) is 3.31. The van der Waals surface area contributed by atoms with Gasteiger partial charge in [0.25, 0.3) is 11.6 Å². The molecule has 0 radical (unpaired) electrons. The molecule has 154 valence electrons. The van der Waals surface area contributed by atoms with Crippen molar-refractivity contribution in [3.63, 3.8) is 0 Å². The molecule has 1 saturated heterocycles. The lowest BCUT2D eigenvalue weighted by molar-refractivity contribution is -0.384. The maximum Gasteiger partial charge on any atom is 0.273 e. The molecule has 0 aliphatic carbocycles. The van der Waals surface area contributed by atoms with Crippen molar-refractivity contribution in [3.8, 4) is 11.5 Å². The molecule has 2 aromatic rings. The van der Waals surface area contributed by atoms with Gasteiger partial charge in [0.05, 0.1) is 18.1 Å². The molecule has 0 bridgehead atoms. The topological polar surface area (TPSA) is 93.9 Å². The van der Waals surface area contributed by atoms with Crippen LogP contribution in [0.3, 0.4) is 0 Å². The lowest BCUT2D eigenvalue weighted by atomic mass is 10.2. The van der Waals surface area contributed by atoms with Crippen molar-refractivity contribution in [2.45, 2.75) is 25.7 Å². The first-order valence-corrected chi connectivity index (χ1v) is 9.67. The van der Waals surface area contributed by atoms with E-state index in [0.29, 0.717) is 5.69 Å².